The van der Waals surface area contributed by atoms with E-state index in [9.17, 15) is 9.59 Å². The van der Waals surface area contributed by atoms with Crippen LogP contribution in [0.1, 0.15) is 33.1 Å². The molecular weight excluding hydrogens is 156 g/mol. The number of aldehydes is 1. The monoisotopic (exact) mass is 170 g/mol. The van der Waals surface area contributed by atoms with Crippen molar-refractivity contribution in [3.8, 4) is 0 Å². The fourth-order valence-electron chi connectivity index (χ4n) is 1.01. The van der Waals surface area contributed by atoms with E-state index in [-0.39, 0.29) is 30.3 Å². The molecule has 3 heteroatoms. The van der Waals surface area contributed by atoms with E-state index < -0.39 is 0 Å². The Morgan fingerprint density at radius 3 is 2.67 bits per heavy atom. The lowest BCUT2D eigenvalue weighted by Gasteiger charge is -2.04. The fourth-order valence-corrected chi connectivity index (χ4v) is 1.01. The molecule has 0 aromatic carbocycles. The Morgan fingerprint density at radius 2 is 2.25 bits per heavy atom. The molecule has 0 aromatic heterocycles. The molecule has 0 aliphatic heterocycles. The maximum atomic E-state index is 11.0. The lowest BCUT2D eigenvalue weighted by atomic mass is 10.2. The van der Waals surface area contributed by atoms with Gasteiger partial charge in [0.15, 0.2) is 0 Å². The minimum atomic E-state index is -0.252. The molecule has 0 heterocycles. The number of carbonyl (C=O) groups excluding carboxylic acids is 2. The predicted octanol–water partition coefficient (Wildman–Crippen LogP) is 1.31. The molecule has 1 unspecified atom stereocenters. The molecule has 1 atom stereocenters. The van der Waals surface area contributed by atoms with Gasteiger partial charge < -0.3 is 9.53 Å². The summed E-state index contributed by atoms with van der Waals surface area (Å²) in [5, 5.41) is 0. The van der Waals surface area contributed by atoms with E-state index in [2.05, 4.69) is 13.8 Å². The SMILES string of the molecule is CC1(C)CC1OC(=O)CCC=O. The molecule has 1 rings (SSSR count). The van der Waals surface area contributed by atoms with Crippen molar-refractivity contribution in [3.05, 3.63) is 0 Å². The lowest BCUT2D eigenvalue weighted by Crippen LogP contribution is -2.09. The molecule has 0 saturated heterocycles. The Balaban J connectivity index is 2.16. The van der Waals surface area contributed by atoms with Crippen molar-refractivity contribution >= 4 is 12.3 Å². The molecule has 12 heavy (non-hydrogen) atoms. The molecule has 0 radical (unpaired) electrons. The van der Waals surface area contributed by atoms with E-state index in [1.54, 1.807) is 0 Å². The predicted molar refractivity (Wildman–Crippen MR) is 43.6 cm³/mol. The van der Waals surface area contributed by atoms with E-state index in [0.29, 0.717) is 0 Å². The van der Waals surface area contributed by atoms with Crippen molar-refractivity contribution in [2.24, 2.45) is 5.41 Å². The van der Waals surface area contributed by atoms with Gasteiger partial charge in [0, 0.05) is 11.8 Å². The molecule has 3 nitrogen and oxygen atoms in total. The molecular formula is C9H14O3. The van der Waals surface area contributed by atoms with Crippen LogP contribution in [0.15, 0.2) is 0 Å². The average Bonchev–Trinajstić information content (AvgIpc) is 2.54. The first-order chi connectivity index (χ1) is 5.56. The largest absolute Gasteiger partial charge is 0.462 e. The van der Waals surface area contributed by atoms with E-state index >= 15 is 0 Å². The summed E-state index contributed by atoms with van der Waals surface area (Å²) in [4.78, 5) is 20.9. The standard InChI is InChI=1S/C9H14O3/c1-9(2)6-7(9)12-8(11)4-3-5-10/h5,7H,3-4,6H2,1-2H3. The number of carbonyl (C=O) groups is 2. The van der Waals surface area contributed by atoms with Gasteiger partial charge in [-0.3, -0.25) is 4.79 Å². The van der Waals surface area contributed by atoms with Gasteiger partial charge in [-0.25, -0.2) is 0 Å². The van der Waals surface area contributed by atoms with Crippen LogP contribution in [0.3, 0.4) is 0 Å². The average molecular weight is 170 g/mol. The second-order valence-electron chi connectivity index (χ2n) is 3.88. The third-order valence-corrected chi connectivity index (χ3v) is 2.16. The maximum Gasteiger partial charge on any atom is 0.306 e. The van der Waals surface area contributed by atoms with Gasteiger partial charge in [0.05, 0.1) is 6.42 Å². The minimum Gasteiger partial charge on any atom is -0.462 e. The Kier molecular flexibility index (Phi) is 2.50. The van der Waals surface area contributed by atoms with Crippen molar-refractivity contribution in [2.75, 3.05) is 0 Å². The van der Waals surface area contributed by atoms with Crippen molar-refractivity contribution in [3.63, 3.8) is 0 Å². The molecule has 1 fully saturated rings. The van der Waals surface area contributed by atoms with Gasteiger partial charge in [-0.15, -0.1) is 0 Å². The number of hydrogen-bond acceptors (Lipinski definition) is 3. The van der Waals surface area contributed by atoms with Crippen molar-refractivity contribution in [1.82, 2.24) is 0 Å². The van der Waals surface area contributed by atoms with Crippen LogP contribution < -0.4 is 0 Å². The Hall–Kier alpha value is -0.860. The molecule has 0 amide bonds. The van der Waals surface area contributed by atoms with Crippen LogP contribution in [0.5, 0.6) is 0 Å². The molecule has 0 N–H and O–H groups in total. The van der Waals surface area contributed by atoms with Crippen LogP contribution in [0.4, 0.5) is 0 Å². The summed E-state index contributed by atoms with van der Waals surface area (Å²) >= 11 is 0. The van der Waals surface area contributed by atoms with Crippen LogP contribution in [-0.4, -0.2) is 18.4 Å². The number of ether oxygens (including phenoxy) is 1. The summed E-state index contributed by atoms with van der Waals surface area (Å²) in [6.45, 7) is 4.12. The van der Waals surface area contributed by atoms with Gasteiger partial charge in [0.2, 0.25) is 0 Å². The maximum absolute atomic E-state index is 11.0. The Morgan fingerprint density at radius 1 is 1.67 bits per heavy atom. The Bertz CT molecular complexity index is 196. The second kappa shape index (κ2) is 3.25. The summed E-state index contributed by atoms with van der Waals surface area (Å²) in [7, 11) is 0. The zero-order valence-electron chi connectivity index (χ0n) is 7.50. The topological polar surface area (TPSA) is 43.4 Å². The van der Waals surface area contributed by atoms with Crippen LogP contribution in [-0.2, 0) is 14.3 Å². The lowest BCUT2D eigenvalue weighted by molar-refractivity contribution is -0.146. The first-order valence-electron chi connectivity index (χ1n) is 4.19. The highest BCUT2D eigenvalue weighted by Crippen LogP contribution is 2.47. The zero-order valence-corrected chi connectivity index (χ0v) is 7.50. The smallest absolute Gasteiger partial charge is 0.306 e. The summed E-state index contributed by atoms with van der Waals surface area (Å²) in [6, 6.07) is 0. The van der Waals surface area contributed by atoms with Crippen LogP contribution >= 0.6 is 0 Å². The molecule has 0 spiro atoms. The van der Waals surface area contributed by atoms with Gasteiger partial charge >= 0.3 is 5.97 Å². The van der Waals surface area contributed by atoms with Crippen LogP contribution in [0.2, 0.25) is 0 Å². The molecule has 68 valence electrons. The van der Waals surface area contributed by atoms with Gasteiger partial charge in [-0.2, -0.15) is 0 Å². The molecule has 0 aromatic rings. The van der Waals surface area contributed by atoms with Gasteiger partial charge in [-0.1, -0.05) is 13.8 Å². The third-order valence-electron chi connectivity index (χ3n) is 2.16. The zero-order chi connectivity index (χ0) is 9.19. The minimum absolute atomic E-state index is 0.0802. The van der Waals surface area contributed by atoms with Gasteiger partial charge in [0.1, 0.15) is 12.4 Å². The van der Waals surface area contributed by atoms with Crippen LogP contribution in [0.25, 0.3) is 0 Å². The number of hydrogen-bond donors (Lipinski definition) is 0. The van der Waals surface area contributed by atoms with E-state index in [1.807, 2.05) is 0 Å². The number of rotatable bonds is 4. The summed E-state index contributed by atoms with van der Waals surface area (Å²) < 4.78 is 5.08. The molecule has 1 aliphatic carbocycles. The normalized spacial score (nSPS) is 24.7. The van der Waals surface area contributed by atoms with Crippen molar-refractivity contribution in [2.45, 2.75) is 39.2 Å². The molecule has 1 aliphatic rings. The second-order valence-corrected chi connectivity index (χ2v) is 3.88. The highest BCUT2D eigenvalue weighted by Gasteiger charge is 2.48. The molecule has 1 saturated carbocycles. The van der Waals surface area contributed by atoms with Crippen molar-refractivity contribution < 1.29 is 14.3 Å². The highest BCUT2D eigenvalue weighted by atomic mass is 16.5. The van der Waals surface area contributed by atoms with E-state index in [0.717, 1.165) is 12.7 Å². The molecule has 0 bridgehead atoms. The van der Waals surface area contributed by atoms with Crippen LogP contribution in [0, 0.1) is 5.41 Å². The van der Waals surface area contributed by atoms with Gasteiger partial charge in [0.25, 0.3) is 0 Å². The van der Waals surface area contributed by atoms with E-state index in [4.69, 9.17) is 4.74 Å². The Labute approximate surface area is 72.1 Å². The first kappa shape index (κ1) is 9.23. The fraction of sp³-hybridized carbons (Fsp3) is 0.778. The summed E-state index contributed by atoms with van der Waals surface area (Å²) in [6.07, 6.45) is 2.25. The van der Waals surface area contributed by atoms with Gasteiger partial charge in [-0.05, 0) is 6.42 Å². The van der Waals surface area contributed by atoms with E-state index in [1.165, 1.54) is 0 Å². The van der Waals surface area contributed by atoms with Crippen molar-refractivity contribution in [1.29, 1.82) is 0 Å². The highest BCUT2D eigenvalue weighted by molar-refractivity contribution is 5.72. The summed E-state index contributed by atoms with van der Waals surface area (Å²) in [5.41, 5.74) is 0.164. The summed E-state index contributed by atoms with van der Waals surface area (Å²) in [5.74, 6) is -0.252. The quantitative estimate of drug-likeness (QED) is 0.472. The third kappa shape index (κ3) is 2.32. The number of esters is 1. The first-order valence-corrected chi connectivity index (χ1v) is 4.19.